The van der Waals surface area contributed by atoms with Crippen molar-refractivity contribution in [3.63, 3.8) is 0 Å². The van der Waals surface area contributed by atoms with Gasteiger partial charge in [0, 0.05) is 16.0 Å². The summed E-state index contributed by atoms with van der Waals surface area (Å²) in [4.78, 5) is 16.7. The van der Waals surface area contributed by atoms with E-state index in [9.17, 15) is 4.79 Å². The second-order valence-electron chi connectivity index (χ2n) is 5.34. The van der Waals surface area contributed by atoms with Crippen LogP contribution in [0.4, 0.5) is 5.13 Å². The van der Waals surface area contributed by atoms with Gasteiger partial charge in [-0.15, -0.1) is 23.7 Å². The molecule has 1 heterocycles. The molecule has 2 aromatic rings. The molecule has 1 fully saturated rings. The predicted octanol–water partition coefficient (Wildman–Crippen LogP) is 4.10. The number of nitrogens with zero attached hydrogens (tertiary/aromatic N) is 1. The van der Waals surface area contributed by atoms with E-state index in [1.807, 2.05) is 29.6 Å². The SMILES string of the molecule is Cl.NC1(C(=O)Nc2nc(-c3ccccc3Cl)cs2)CCCC1. The third-order valence-electron chi connectivity index (χ3n) is 3.82. The Morgan fingerprint density at radius 3 is 2.68 bits per heavy atom. The number of carbonyl (C=O) groups excluding carboxylic acids is 1. The maximum atomic E-state index is 12.3. The molecule has 1 aromatic carbocycles. The normalized spacial score (nSPS) is 16.1. The number of anilines is 1. The third-order valence-corrected chi connectivity index (χ3v) is 4.91. The average molecular weight is 358 g/mol. The molecule has 118 valence electrons. The van der Waals surface area contributed by atoms with E-state index >= 15 is 0 Å². The number of nitrogens with one attached hydrogen (secondary N) is 1. The first kappa shape index (κ1) is 17.2. The summed E-state index contributed by atoms with van der Waals surface area (Å²) in [5, 5.41) is 5.92. The van der Waals surface area contributed by atoms with Crippen molar-refractivity contribution >= 4 is 46.4 Å². The average Bonchev–Trinajstić information content (AvgIpc) is 3.09. The van der Waals surface area contributed by atoms with Crippen LogP contribution in [0.25, 0.3) is 11.3 Å². The zero-order chi connectivity index (χ0) is 14.9. The molecule has 1 aliphatic rings. The van der Waals surface area contributed by atoms with Gasteiger partial charge in [-0.2, -0.15) is 0 Å². The van der Waals surface area contributed by atoms with E-state index < -0.39 is 5.54 Å². The summed E-state index contributed by atoms with van der Waals surface area (Å²) < 4.78 is 0. The Balaban J connectivity index is 0.00000176. The summed E-state index contributed by atoms with van der Waals surface area (Å²) in [5.41, 5.74) is 7.02. The van der Waals surface area contributed by atoms with Crippen LogP contribution in [0.2, 0.25) is 5.02 Å². The van der Waals surface area contributed by atoms with Crippen LogP contribution in [0, 0.1) is 0 Å². The van der Waals surface area contributed by atoms with Crippen LogP contribution in [-0.2, 0) is 4.79 Å². The van der Waals surface area contributed by atoms with Crippen molar-refractivity contribution in [3.8, 4) is 11.3 Å². The molecule has 3 rings (SSSR count). The highest BCUT2D eigenvalue weighted by Crippen LogP contribution is 2.32. The minimum absolute atomic E-state index is 0. The molecule has 0 bridgehead atoms. The van der Waals surface area contributed by atoms with Crippen molar-refractivity contribution in [1.29, 1.82) is 0 Å². The molecule has 1 aromatic heterocycles. The molecule has 1 amide bonds. The number of thiazole rings is 1. The summed E-state index contributed by atoms with van der Waals surface area (Å²) in [6, 6.07) is 7.51. The summed E-state index contributed by atoms with van der Waals surface area (Å²) >= 11 is 7.54. The highest BCUT2D eigenvalue weighted by atomic mass is 35.5. The predicted molar refractivity (Wildman–Crippen MR) is 93.8 cm³/mol. The molecule has 0 saturated heterocycles. The lowest BCUT2D eigenvalue weighted by Gasteiger charge is -2.21. The maximum absolute atomic E-state index is 12.3. The number of carbonyl (C=O) groups is 1. The van der Waals surface area contributed by atoms with Crippen molar-refractivity contribution in [3.05, 3.63) is 34.7 Å². The number of halogens is 2. The fourth-order valence-electron chi connectivity index (χ4n) is 2.58. The third kappa shape index (κ3) is 3.43. The largest absolute Gasteiger partial charge is 0.317 e. The molecule has 7 heteroatoms. The van der Waals surface area contributed by atoms with E-state index in [-0.39, 0.29) is 18.3 Å². The molecule has 1 aliphatic carbocycles. The summed E-state index contributed by atoms with van der Waals surface area (Å²) in [6.45, 7) is 0. The Kier molecular flexibility index (Phi) is 5.45. The highest BCUT2D eigenvalue weighted by molar-refractivity contribution is 7.14. The number of aromatic nitrogens is 1. The summed E-state index contributed by atoms with van der Waals surface area (Å²) in [5.74, 6) is -0.139. The lowest BCUT2D eigenvalue weighted by atomic mass is 9.98. The van der Waals surface area contributed by atoms with E-state index in [2.05, 4.69) is 10.3 Å². The smallest absolute Gasteiger partial charge is 0.246 e. The van der Waals surface area contributed by atoms with Gasteiger partial charge in [0.2, 0.25) is 5.91 Å². The van der Waals surface area contributed by atoms with Crippen molar-refractivity contribution in [2.24, 2.45) is 5.73 Å². The lowest BCUT2D eigenvalue weighted by Crippen LogP contribution is -2.48. The van der Waals surface area contributed by atoms with Gasteiger partial charge in [0.25, 0.3) is 0 Å². The molecule has 0 radical (unpaired) electrons. The van der Waals surface area contributed by atoms with Gasteiger partial charge >= 0.3 is 0 Å². The fourth-order valence-corrected chi connectivity index (χ4v) is 3.52. The van der Waals surface area contributed by atoms with E-state index in [0.29, 0.717) is 10.2 Å². The number of benzene rings is 1. The number of hydrogen-bond acceptors (Lipinski definition) is 4. The molecular weight excluding hydrogens is 341 g/mol. The van der Waals surface area contributed by atoms with E-state index in [1.165, 1.54) is 11.3 Å². The monoisotopic (exact) mass is 357 g/mol. The molecule has 22 heavy (non-hydrogen) atoms. The van der Waals surface area contributed by atoms with Crippen molar-refractivity contribution in [2.45, 2.75) is 31.2 Å². The highest BCUT2D eigenvalue weighted by Gasteiger charge is 2.37. The van der Waals surface area contributed by atoms with Gasteiger partial charge in [-0.3, -0.25) is 4.79 Å². The number of hydrogen-bond donors (Lipinski definition) is 2. The first-order chi connectivity index (χ1) is 10.1. The van der Waals surface area contributed by atoms with E-state index in [1.54, 1.807) is 0 Å². The quantitative estimate of drug-likeness (QED) is 0.868. The molecule has 1 saturated carbocycles. The van der Waals surface area contributed by atoms with Crippen LogP contribution in [0.15, 0.2) is 29.6 Å². The van der Waals surface area contributed by atoms with Gasteiger partial charge in [0.15, 0.2) is 5.13 Å². The Morgan fingerprint density at radius 2 is 2.00 bits per heavy atom. The second kappa shape index (κ2) is 6.96. The summed E-state index contributed by atoms with van der Waals surface area (Å²) in [7, 11) is 0. The van der Waals surface area contributed by atoms with Gasteiger partial charge in [-0.25, -0.2) is 4.98 Å². The molecule has 4 nitrogen and oxygen atoms in total. The first-order valence-electron chi connectivity index (χ1n) is 6.89. The van der Waals surface area contributed by atoms with Gasteiger partial charge in [-0.05, 0) is 18.9 Å². The van der Waals surface area contributed by atoms with Crippen molar-refractivity contribution in [1.82, 2.24) is 4.98 Å². The minimum atomic E-state index is -0.740. The van der Waals surface area contributed by atoms with Crippen LogP contribution in [0.1, 0.15) is 25.7 Å². The standard InChI is InChI=1S/C15H16ClN3OS.ClH/c16-11-6-2-1-5-10(11)12-9-21-14(18-12)19-13(20)15(17)7-3-4-8-15;/h1-2,5-6,9H,3-4,7-8,17H2,(H,18,19,20);1H. The Morgan fingerprint density at radius 1 is 1.32 bits per heavy atom. The molecule has 0 unspecified atom stereocenters. The first-order valence-corrected chi connectivity index (χ1v) is 8.15. The van der Waals surface area contributed by atoms with Gasteiger partial charge in [0.05, 0.1) is 11.2 Å². The second-order valence-corrected chi connectivity index (χ2v) is 6.60. The van der Waals surface area contributed by atoms with Crippen molar-refractivity contribution in [2.75, 3.05) is 5.32 Å². The van der Waals surface area contributed by atoms with Crippen LogP contribution < -0.4 is 11.1 Å². The molecule has 0 spiro atoms. The molecular formula is C15H17Cl2N3OS. The zero-order valence-electron chi connectivity index (χ0n) is 11.8. The van der Waals surface area contributed by atoms with Gasteiger partial charge in [-0.1, -0.05) is 42.6 Å². The van der Waals surface area contributed by atoms with Crippen LogP contribution in [0.3, 0.4) is 0 Å². The topological polar surface area (TPSA) is 68.0 Å². The van der Waals surface area contributed by atoms with Gasteiger partial charge in [0.1, 0.15) is 0 Å². The maximum Gasteiger partial charge on any atom is 0.246 e. The van der Waals surface area contributed by atoms with Crippen LogP contribution in [0.5, 0.6) is 0 Å². The minimum Gasteiger partial charge on any atom is -0.317 e. The number of amides is 1. The zero-order valence-corrected chi connectivity index (χ0v) is 14.2. The molecule has 0 aliphatic heterocycles. The van der Waals surface area contributed by atoms with E-state index in [0.717, 1.165) is 36.9 Å². The number of nitrogens with two attached hydrogens (primary N) is 1. The van der Waals surface area contributed by atoms with Crippen molar-refractivity contribution < 1.29 is 4.79 Å². The Bertz CT molecular complexity index is 668. The van der Waals surface area contributed by atoms with E-state index in [4.69, 9.17) is 17.3 Å². The Labute approximate surface area is 144 Å². The lowest BCUT2D eigenvalue weighted by molar-refractivity contribution is -0.121. The molecule has 3 N–H and O–H groups in total. The fraction of sp³-hybridized carbons (Fsp3) is 0.333. The Hall–Kier alpha value is -1.14. The van der Waals surface area contributed by atoms with Crippen LogP contribution in [-0.4, -0.2) is 16.4 Å². The van der Waals surface area contributed by atoms with Crippen LogP contribution >= 0.6 is 35.3 Å². The summed E-state index contributed by atoms with van der Waals surface area (Å²) in [6.07, 6.45) is 3.49. The van der Waals surface area contributed by atoms with Gasteiger partial charge < -0.3 is 11.1 Å². The number of rotatable bonds is 3. The molecule has 0 atom stereocenters.